The number of ether oxygens (including phenoxy) is 4. The van der Waals surface area contributed by atoms with Gasteiger partial charge in [-0.2, -0.15) is 0 Å². The first kappa shape index (κ1) is 29.3. The largest absolute Gasteiger partial charge is 0.495 e. The Morgan fingerprint density at radius 3 is 2.56 bits per heavy atom. The summed E-state index contributed by atoms with van der Waals surface area (Å²) in [6.45, 7) is -0.0758. The lowest BCUT2D eigenvalue weighted by molar-refractivity contribution is -0.136. The number of methoxy groups -OCH3 is 2. The zero-order chi connectivity index (χ0) is 30.7. The molecule has 2 aliphatic heterocycles. The molecule has 43 heavy (non-hydrogen) atoms. The number of hydrogen-bond acceptors (Lipinski definition) is 8. The van der Waals surface area contributed by atoms with Crippen LogP contribution in [0.25, 0.3) is 0 Å². The number of rotatable bonds is 9. The SMILES string of the molecule is COc1cc(Oc2ccccc2C(F)F)ccc1NC(=O)OCc1ccc2c(c1OC)C(=O)N(C1CCC(=O)NC1=O)C2. The summed E-state index contributed by atoms with van der Waals surface area (Å²) in [5, 5.41) is 4.82. The highest BCUT2D eigenvalue weighted by Gasteiger charge is 2.41. The second-order valence-electron chi connectivity index (χ2n) is 9.70. The number of carbonyl (C=O) groups is 4. The molecule has 2 aliphatic rings. The van der Waals surface area contributed by atoms with Crippen molar-refractivity contribution in [3.8, 4) is 23.0 Å². The molecule has 4 amide bonds. The predicted molar refractivity (Wildman–Crippen MR) is 147 cm³/mol. The molecule has 1 unspecified atom stereocenters. The van der Waals surface area contributed by atoms with Gasteiger partial charge in [-0.25, -0.2) is 13.6 Å². The number of carbonyl (C=O) groups excluding carboxylic acids is 4. The first-order chi connectivity index (χ1) is 20.7. The summed E-state index contributed by atoms with van der Waals surface area (Å²) in [6.07, 6.45) is -3.20. The topological polar surface area (TPSA) is 132 Å². The van der Waals surface area contributed by atoms with Crippen molar-refractivity contribution in [2.75, 3.05) is 19.5 Å². The minimum Gasteiger partial charge on any atom is -0.495 e. The monoisotopic (exact) mass is 595 g/mol. The fourth-order valence-electron chi connectivity index (χ4n) is 5.02. The van der Waals surface area contributed by atoms with Gasteiger partial charge in [0, 0.05) is 24.6 Å². The van der Waals surface area contributed by atoms with Crippen molar-refractivity contribution in [3.63, 3.8) is 0 Å². The number of para-hydroxylation sites is 1. The van der Waals surface area contributed by atoms with E-state index in [4.69, 9.17) is 18.9 Å². The fourth-order valence-corrected chi connectivity index (χ4v) is 5.02. The highest BCUT2D eigenvalue weighted by Crippen LogP contribution is 2.38. The van der Waals surface area contributed by atoms with E-state index in [2.05, 4.69) is 10.6 Å². The number of piperidine rings is 1. The van der Waals surface area contributed by atoms with Gasteiger partial charge in [-0.3, -0.25) is 25.0 Å². The zero-order valence-corrected chi connectivity index (χ0v) is 23.1. The van der Waals surface area contributed by atoms with Crippen LogP contribution in [0.2, 0.25) is 0 Å². The molecule has 3 aromatic carbocycles. The Hall–Kier alpha value is -5.20. The third kappa shape index (κ3) is 6.05. The highest BCUT2D eigenvalue weighted by atomic mass is 19.3. The summed E-state index contributed by atoms with van der Waals surface area (Å²) in [6, 6.07) is 12.7. The molecule has 0 spiro atoms. The Morgan fingerprint density at radius 1 is 1.05 bits per heavy atom. The molecule has 1 saturated heterocycles. The quantitative estimate of drug-likeness (QED) is 0.333. The van der Waals surface area contributed by atoms with Crippen molar-refractivity contribution in [1.29, 1.82) is 0 Å². The van der Waals surface area contributed by atoms with Gasteiger partial charge in [0.1, 0.15) is 35.6 Å². The van der Waals surface area contributed by atoms with Crippen LogP contribution in [0, 0.1) is 0 Å². The number of imide groups is 1. The highest BCUT2D eigenvalue weighted by molar-refractivity contribution is 6.06. The van der Waals surface area contributed by atoms with Crippen LogP contribution in [-0.4, -0.2) is 49.0 Å². The number of benzene rings is 3. The van der Waals surface area contributed by atoms with Crippen LogP contribution in [0.4, 0.5) is 19.3 Å². The molecular formula is C30H27F2N3O8. The number of halogens is 2. The maximum absolute atomic E-state index is 13.3. The molecule has 0 aromatic heterocycles. The smallest absolute Gasteiger partial charge is 0.412 e. The summed E-state index contributed by atoms with van der Waals surface area (Å²) in [5.41, 5.74) is 1.29. The molecule has 13 heteroatoms. The third-order valence-corrected chi connectivity index (χ3v) is 7.08. The van der Waals surface area contributed by atoms with Crippen LogP contribution in [-0.2, 0) is 27.5 Å². The Balaban J connectivity index is 1.25. The number of anilines is 1. The van der Waals surface area contributed by atoms with Gasteiger partial charge in [0.2, 0.25) is 11.8 Å². The van der Waals surface area contributed by atoms with Crippen molar-refractivity contribution in [1.82, 2.24) is 10.2 Å². The summed E-state index contributed by atoms with van der Waals surface area (Å²) < 4.78 is 48.5. The maximum atomic E-state index is 13.3. The van der Waals surface area contributed by atoms with E-state index in [0.29, 0.717) is 11.1 Å². The molecule has 0 aliphatic carbocycles. The van der Waals surface area contributed by atoms with E-state index in [1.165, 1.54) is 55.5 Å². The molecule has 0 bridgehead atoms. The molecular weight excluding hydrogens is 568 g/mol. The fraction of sp³-hybridized carbons (Fsp3) is 0.267. The summed E-state index contributed by atoms with van der Waals surface area (Å²) in [4.78, 5) is 51.3. The number of fused-ring (bicyclic) bond motifs is 1. The number of amides is 4. The molecule has 0 saturated carbocycles. The van der Waals surface area contributed by atoms with Crippen LogP contribution in [0.1, 0.15) is 46.3 Å². The molecule has 2 N–H and O–H groups in total. The van der Waals surface area contributed by atoms with Crippen LogP contribution in [0.15, 0.2) is 54.6 Å². The van der Waals surface area contributed by atoms with Crippen LogP contribution < -0.4 is 24.8 Å². The number of nitrogens with one attached hydrogen (secondary N) is 2. The molecule has 2 heterocycles. The van der Waals surface area contributed by atoms with Gasteiger partial charge >= 0.3 is 6.09 Å². The lowest BCUT2D eigenvalue weighted by Gasteiger charge is -2.29. The molecule has 3 aromatic rings. The van der Waals surface area contributed by atoms with Crippen molar-refractivity contribution in [2.24, 2.45) is 0 Å². The van der Waals surface area contributed by atoms with Gasteiger partial charge in [0.15, 0.2) is 0 Å². The van der Waals surface area contributed by atoms with Gasteiger partial charge < -0.3 is 23.8 Å². The predicted octanol–water partition coefficient (Wildman–Crippen LogP) is 4.94. The van der Waals surface area contributed by atoms with E-state index >= 15 is 0 Å². The van der Waals surface area contributed by atoms with E-state index in [0.717, 1.165) is 0 Å². The number of nitrogens with zero attached hydrogens (tertiary/aromatic N) is 1. The van der Waals surface area contributed by atoms with E-state index in [1.807, 2.05) is 0 Å². The van der Waals surface area contributed by atoms with Crippen LogP contribution in [0.3, 0.4) is 0 Å². The zero-order valence-electron chi connectivity index (χ0n) is 23.1. The average Bonchev–Trinajstić information content (AvgIpc) is 3.32. The first-order valence-electron chi connectivity index (χ1n) is 13.2. The lowest BCUT2D eigenvalue weighted by atomic mass is 10.0. The minimum atomic E-state index is -2.72. The summed E-state index contributed by atoms with van der Waals surface area (Å²) in [7, 11) is 2.75. The van der Waals surface area contributed by atoms with Gasteiger partial charge in [0.05, 0.1) is 31.0 Å². The molecule has 224 valence electrons. The third-order valence-electron chi connectivity index (χ3n) is 7.08. The van der Waals surface area contributed by atoms with E-state index in [9.17, 15) is 28.0 Å². The normalized spacial score (nSPS) is 16.1. The minimum absolute atomic E-state index is 0.0123. The second kappa shape index (κ2) is 12.3. The van der Waals surface area contributed by atoms with E-state index < -0.39 is 30.4 Å². The van der Waals surface area contributed by atoms with Crippen molar-refractivity contribution >= 4 is 29.5 Å². The Kier molecular flexibility index (Phi) is 8.41. The van der Waals surface area contributed by atoms with Gasteiger partial charge in [-0.1, -0.05) is 24.3 Å². The standard InChI is InChI=1S/C30H27F2N3O8/c1-40-23-13-18(43-22-6-4-3-5-19(22)27(31)32)9-10-20(23)33-30(39)42-15-17-8-7-16-14-35(29(38)25(16)26(17)41-2)21-11-12-24(36)34-28(21)37/h3-10,13,21,27H,11-12,14-15H2,1-2H3,(H,33,39)(H,34,36,37). The van der Waals surface area contributed by atoms with Gasteiger partial charge in [0.25, 0.3) is 12.3 Å². The van der Waals surface area contributed by atoms with Crippen LogP contribution in [0.5, 0.6) is 23.0 Å². The van der Waals surface area contributed by atoms with Gasteiger partial charge in [-0.05, 0) is 36.2 Å². The molecule has 1 atom stereocenters. The Morgan fingerprint density at radius 2 is 1.84 bits per heavy atom. The Labute approximate surface area is 244 Å². The number of alkyl halides is 2. The molecule has 0 radical (unpaired) electrons. The first-order valence-corrected chi connectivity index (χ1v) is 13.2. The summed E-state index contributed by atoms with van der Waals surface area (Å²) in [5.74, 6) is -0.713. The van der Waals surface area contributed by atoms with E-state index in [-0.39, 0.29) is 71.7 Å². The second-order valence-corrected chi connectivity index (χ2v) is 9.70. The van der Waals surface area contributed by atoms with E-state index in [1.54, 1.807) is 18.2 Å². The van der Waals surface area contributed by atoms with Crippen molar-refractivity contribution < 1.29 is 46.9 Å². The van der Waals surface area contributed by atoms with Crippen molar-refractivity contribution in [3.05, 3.63) is 76.9 Å². The van der Waals surface area contributed by atoms with Crippen molar-refractivity contribution in [2.45, 2.75) is 38.5 Å². The average molecular weight is 596 g/mol. The molecule has 1 fully saturated rings. The Bertz CT molecular complexity index is 1600. The lowest BCUT2D eigenvalue weighted by Crippen LogP contribution is -2.52. The maximum Gasteiger partial charge on any atom is 0.412 e. The molecule has 11 nitrogen and oxygen atoms in total. The number of hydrogen-bond donors (Lipinski definition) is 2. The molecule has 5 rings (SSSR count). The summed E-state index contributed by atoms with van der Waals surface area (Å²) >= 11 is 0. The van der Waals surface area contributed by atoms with Gasteiger partial charge in [-0.15, -0.1) is 0 Å². The van der Waals surface area contributed by atoms with Crippen LogP contribution >= 0.6 is 0 Å².